The molecule has 1 amide bonds. The lowest BCUT2D eigenvalue weighted by molar-refractivity contribution is 0.0949. The number of aromatic nitrogens is 1. The molecule has 2 fully saturated rings. The number of nitrogens with one attached hydrogen (secondary N) is 1. The van der Waals surface area contributed by atoms with Gasteiger partial charge in [0.1, 0.15) is 0 Å². The highest BCUT2D eigenvalue weighted by atomic mass is 32.2. The molecule has 0 aromatic carbocycles. The Bertz CT molecular complexity index is 589. The molecule has 1 aromatic rings. The first-order valence-electron chi connectivity index (χ1n) is 11.0. The van der Waals surface area contributed by atoms with Crippen LogP contribution in [0.2, 0.25) is 0 Å². The average molecular weight is 405 g/mol. The maximum absolute atomic E-state index is 12.3. The summed E-state index contributed by atoms with van der Waals surface area (Å²) in [5.74, 6) is 1.86. The van der Waals surface area contributed by atoms with Crippen LogP contribution in [-0.4, -0.2) is 72.3 Å². The van der Waals surface area contributed by atoms with E-state index in [4.69, 9.17) is 0 Å². The van der Waals surface area contributed by atoms with Gasteiger partial charge in [-0.05, 0) is 76.3 Å². The summed E-state index contributed by atoms with van der Waals surface area (Å²) in [4.78, 5) is 21.8. The predicted octanol–water partition coefficient (Wildman–Crippen LogP) is 3.51. The van der Waals surface area contributed by atoms with Crippen LogP contribution in [0.3, 0.4) is 0 Å². The van der Waals surface area contributed by atoms with Crippen molar-refractivity contribution < 1.29 is 4.79 Å². The molecule has 0 aliphatic carbocycles. The van der Waals surface area contributed by atoms with Gasteiger partial charge < -0.3 is 15.1 Å². The molecule has 3 heterocycles. The van der Waals surface area contributed by atoms with Crippen LogP contribution in [0.1, 0.15) is 55.8 Å². The number of nitrogens with zero attached hydrogens (tertiary/aromatic N) is 3. The maximum Gasteiger partial charge on any atom is 0.252 e. The van der Waals surface area contributed by atoms with Crippen molar-refractivity contribution in [1.29, 1.82) is 0 Å². The molecule has 3 rings (SSSR count). The standard InChI is InChI=1S/C22H36N4OS/c1-19-7-5-13-26(18-19)14-6-10-23-22(27)20-8-9-21(24-17-20)28-16-15-25-11-3-2-4-12-25/h8-9,17,19H,2-7,10-16,18H2,1H3,(H,23,27). The Labute approximate surface area is 174 Å². The molecule has 0 saturated carbocycles. The number of thioether (sulfide) groups is 1. The first kappa shape index (κ1) is 21.6. The van der Waals surface area contributed by atoms with E-state index in [0.29, 0.717) is 5.56 Å². The van der Waals surface area contributed by atoms with Crippen LogP contribution < -0.4 is 5.32 Å². The topological polar surface area (TPSA) is 48.5 Å². The fourth-order valence-electron chi connectivity index (χ4n) is 4.16. The molecule has 28 heavy (non-hydrogen) atoms. The molecule has 1 N–H and O–H groups in total. The smallest absolute Gasteiger partial charge is 0.252 e. The molecular formula is C22H36N4OS. The summed E-state index contributed by atoms with van der Waals surface area (Å²) in [6.45, 7) is 10.2. The van der Waals surface area contributed by atoms with E-state index in [2.05, 4.69) is 27.0 Å². The molecule has 0 radical (unpaired) electrons. The zero-order chi connectivity index (χ0) is 19.6. The third kappa shape index (κ3) is 7.37. The van der Waals surface area contributed by atoms with E-state index in [1.54, 1.807) is 18.0 Å². The van der Waals surface area contributed by atoms with E-state index in [9.17, 15) is 4.79 Å². The minimum atomic E-state index is -0.00983. The number of pyridine rings is 1. The van der Waals surface area contributed by atoms with Crippen LogP contribution in [0.4, 0.5) is 0 Å². The van der Waals surface area contributed by atoms with Crippen LogP contribution >= 0.6 is 11.8 Å². The summed E-state index contributed by atoms with van der Waals surface area (Å²) < 4.78 is 0. The normalized spacial score (nSPS) is 21.5. The largest absolute Gasteiger partial charge is 0.352 e. The van der Waals surface area contributed by atoms with Crippen LogP contribution in [-0.2, 0) is 0 Å². The van der Waals surface area contributed by atoms with E-state index >= 15 is 0 Å². The van der Waals surface area contributed by atoms with Crippen molar-refractivity contribution >= 4 is 17.7 Å². The number of carbonyl (C=O) groups excluding carboxylic acids is 1. The first-order chi connectivity index (χ1) is 13.7. The molecule has 5 nitrogen and oxygen atoms in total. The van der Waals surface area contributed by atoms with Crippen LogP contribution in [0.25, 0.3) is 0 Å². The second-order valence-electron chi connectivity index (χ2n) is 8.29. The van der Waals surface area contributed by atoms with E-state index in [1.165, 1.54) is 58.3 Å². The highest BCUT2D eigenvalue weighted by Gasteiger charge is 2.15. The minimum absolute atomic E-state index is 0.00983. The summed E-state index contributed by atoms with van der Waals surface area (Å²) in [7, 11) is 0. The number of hydrogen-bond acceptors (Lipinski definition) is 5. The first-order valence-corrected chi connectivity index (χ1v) is 12.0. The van der Waals surface area contributed by atoms with Crippen molar-refractivity contribution in [3.05, 3.63) is 23.9 Å². The van der Waals surface area contributed by atoms with Gasteiger partial charge in [0.05, 0.1) is 10.6 Å². The molecule has 0 spiro atoms. The molecule has 6 heteroatoms. The summed E-state index contributed by atoms with van der Waals surface area (Å²) in [5, 5.41) is 4.04. The zero-order valence-corrected chi connectivity index (χ0v) is 18.2. The van der Waals surface area contributed by atoms with Gasteiger partial charge in [-0.1, -0.05) is 13.3 Å². The van der Waals surface area contributed by atoms with E-state index in [0.717, 1.165) is 42.8 Å². The lowest BCUT2D eigenvalue weighted by Gasteiger charge is -2.30. The highest BCUT2D eigenvalue weighted by molar-refractivity contribution is 7.99. The van der Waals surface area contributed by atoms with Gasteiger partial charge in [0.15, 0.2) is 0 Å². The van der Waals surface area contributed by atoms with E-state index in [1.807, 2.05) is 12.1 Å². The van der Waals surface area contributed by atoms with Crippen LogP contribution in [0, 0.1) is 5.92 Å². The quantitative estimate of drug-likeness (QED) is 0.504. The fraction of sp³-hybridized carbons (Fsp3) is 0.727. The van der Waals surface area contributed by atoms with Crippen molar-refractivity contribution in [3.8, 4) is 0 Å². The van der Waals surface area contributed by atoms with E-state index in [-0.39, 0.29) is 5.91 Å². The predicted molar refractivity (Wildman–Crippen MR) is 117 cm³/mol. The Morgan fingerprint density at radius 3 is 2.71 bits per heavy atom. The summed E-state index contributed by atoms with van der Waals surface area (Å²) >= 11 is 1.78. The molecule has 2 aliphatic heterocycles. The lowest BCUT2D eigenvalue weighted by atomic mass is 10.0. The van der Waals surface area contributed by atoms with Crippen LogP contribution in [0.5, 0.6) is 0 Å². The number of hydrogen-bond donors (Lipinski definition) is 1. The van der Waals surface area contributed by atoms with Crippen molar-refractivity contribution in [2.75, 3.05) is 51.6 Å². The molecular weight excluding hydrogens is 368 g/mol. The Morgan fingerprint density at radius 1 is 1.14 bits per heavy atom. The summed E-state index contributed by atoms with van der Waals surface area (Å²) in [6.07, 6.45) is 9.44. The Balaban J connectivity index is 1.30. The van der Waals surface area contributed by atoms with Crippen molar-refractivity contribution in [1.82, 2.24) is 20.1 Å². The Morgan fingerprint density at radius 2 is 1.96 bits per heavy atom. The van der Waals surface area contributed by atoms with Gasteiger partial charge >= 0.3 is 0 Å². The molecule has 1 atom stereocenters. The number of rotatable bonds is 9. The zero-order valence-electron chi connectivity index (χ0n) is 17.4. The summed E-state index contributed by atoms with van der Waals surface area (Å²) in [6, 6.07) is 3.88. The van der Waals surface area contributed by atoms with Gasteiger partial charge in [0, 0.05) is 31.6 Å². The second-order valence-corrected chi connectivity index (χ2v) is 9.41. The van der Waals surface area contributed by atoms with Gasteiger partial charge in [-0.25, -0.2) is 4.98 Å². The number of carbonyl (C=O) groups is 1. The molecule has 1 aromatic heterocycles. The highest BCUT2D eigenvalue weighted by Crippen LogP contribution is 2.17. The molecule has 156 valence electrons. The van der Waals surface area contributed by atoms with Gasteiger partial charge in [0.2, 0.25) is 0 Å². The van der Waals surface area contributed by atoms with Crippen molar-refractivity contribution in [3.63, 3.8) is 0 Å². The van der Waals surface area contributed by atoms with Gasteiger partial charge in [0.25, 0.3) is 5.91 Å². The Kier molecular flexibility index (Phi) is 9.09. The lowest BCUT2D eigenvalue weighted by Crippen LogP contribution is -2.36. The average Bonchev–Trinajstić information content (AvgIpc) is 2.72. The van der Waals surface area contributed by atoms with Gasteiger partial charge in [-0.3, -0.25) is 4.79 Å². The number of piperidine rings is 2. The van der Waals surface area contributed by atoms with E-state index < -0.39 is 0 Å². The van der Waals surface area contributed by atoms with Gasteiger partial charge in [-0.2, -0.15) is 0 Å². The minimum Gasteiger partial charge on any atom is -0.352 e. The fourth-order valence-corrected chi connectivity index (χ4v) is 5.01. The SMILES string of the molecule is CC1CCCN(CCCNC(=O)c2ccc(SCCN3CCCCC3)nc2)C1. The van der Waals surface area contributed by atoms with Crippen LogP contribution in [0.15, 0.2) is 23.4 Å². The number of likely N-dealkylation sites (tertiary alicyclic amines) is 2. The monoisotopic (exact) mass is 404 g/mol. The van der Waals surface area contributed by atoms with Crippen molar-refractivity contribution in [2.45, 2.75) is 50.5 Å². The third-order valence-corrected chi connectivity index (χ3v) is 6.71. The molecule has 1 unspecified atom stereocenters. The molecule has 0 bridgehead atoms. The number of amides is 1. The van der Waals surface area contributed by atoms with Gasteiger partial charge in [-0.15, -0.1) is 11.8 Å². The third-order valence-electron chi connectivity index (χ3n) is 5.78. The second kappa shape index (κ2) is 11.8. The molecule has 2 aliphatic rings. The maximum atomic E-state index is 12.3. The van der Waals surface area contributed by atoms with Crippen molar-refractivity contribution in [2.24, 2.45) is 5.92 Å². The summed E-state index contributed by atoms with van der Waals surface area (Å²) in [5.41, 5.74) is 0.659. The Hall–Kier alpha value is -1.11. The molecule has 2 saturated heterocycles.